The molecule has 1 N–H and O–H groups in total. The summed E-state index contributed by atoms with van der Waals surface area (Å²) in [7, 11) is 0. The summed E-state index contributed by atoms with van der Waals surface area (Å²) in [5.74, 6) is 0.00833. The lowest BCUT2D eigenvalue weighted by atomic mass is 10.1. The van der Waals surface area contributed by atoms with Crippen molar-refractivity contribution in [3.8, 4) is 0 Å². The number of carbonyl (C=O) groups is 2. The molecule has 1 aromatic heterocycles. The topological polar surface area (TPSA) is 67.2 Å². The van der Waals surface area contributed by atoms with Crippen LogP contribution >= 0.6 is 23.2 Å². The molecule has 1 saturated heterocycles. The van der Waals surface area contributed by atoms with Crippen molar-refractivity contribution in [2.45, 2.75) is 19.4 Å². The first-order chi connectivity index (χ1) is 15.0. The van der Waals surface area contributed by atoms with Crippen molar-refractivity contribution in [2.75, 3.05) is 18.4 Å². The Hall–Kier alpha value is -2.83. The highest BCUT2D eigenvalue weighted by molar-refractivity contribution is 6.35. The molecule has 0 bridgehead atoms. The SMILES string of the molecule is O=C(Nc1ccnn1Cc1ccc(Cl)cc1Cl)C1CC(=O)N(CCc2ccccc2)C1. The van der Waals surface area contributed by atoms with Gasteiger partial charge < -0.3 is 10.2 Å². The van der Waals surface area contributed by atoms with Gasteiger partial charge in [0.2, 0.25) is 11.8 Å². The third-order valence-corrected chi connectivity index (χ3v) is 5.99. The number of hydrogen-bond donors (Lipinski definition) is 1. The van der Waals surface area contributed by atoms with Crippen LogP contribution in [0.1, 0.15) is 17.5 Å². The van der Waals surface area contributed by atoms with Crippen molar-refractivity contribution >= 4 is 40.8 Å². The van der Waals surface area contributed by atoms with E-state index >= 15 is 0 Å². The minimum absolute atomic E-state index is 0.0116. The normalized spacial score (nSPS) is 16.0. The Balaban J connectivity index is 1.36. The van der Waals surface area contributed by atoms with E-state index in [4.69, 9.17) is 23.2 Å². The van der Waals surface area contributed by atoms with Crippen LogP contribution in [0.5, 0.6) is 0 Å². The second-order valence-corrected chi connectivity index (χ2v) is 8.42. The van der Waals surface area contributed by atoms with Gasteiger partial charge in [-0.25, -0.2) is 4.68 Å². The second-order valence-electron chi connectivity index (χ2n) is 7.58. The van der Waals surface area contributed by atoms with Crippen LogP contribution in [-0.2, 0) is 22.6 Å². The Morgan fingerprint density at radius 3 is 2.71 bits per heavy atom. The molecule has 6 nitrogen and oxygen atoms in total. The monoisotopic (exact) mass is 456 g/mol. The number of anilines is 1. The smallest absolute Gasteiger partial charge is 0.230 e. The first-order valence-electron chi connectivity index (χ1n) is 10.1. The molecule has 0 spiro atoms. The van der Waals surface area contributed by atoms with Crippen LogP contribution in [0.2, 0.25) is 10.0 Å². The van der Waals surface area contributed by atoms with Gasteiger partial charge >= 0.3 is 0 Å². The maximum atomic E-state index is 12.8. The number of nitrogens with one attached hydrogen (secondary N) is 1. The molecule has 0 saturated carbocycles. The van der Waals surface area contributed by atoms with Crippen LogP contribution in [0.25, 0.3) is 0 Å². The van der Waals surface area contributed by atoms with Crippen molar-refractivity contribution in [3.05, 3.63) is 82.0 Å². The number of hydrogen-bond acceptors (Lipinski definition) is 3. The van der Waals surface area contributed by atoms with E-state index in [0.717, 1.165) is 12.0 Å². The molecule has 1 atom stereocenters. The Morgan fingerprint density at radius 2 is 1.94 bits per heavy atom. The standard InChI is InChI=1S/C23H22Cl2N4O2/c24-19-7-6-17(20(25)13-19)15-29-21(8-10-26-29)27-23(31)18-12-22(30)28(14-18)11-9-16-4-2-1-3-5-16/h1-8,10,13,18H,9,11-12,14-15H2,(H,27,31). The van der Waals surface area contributed by atoms with Crippen LogP contribution in [0.4, 0.5) is 5.82 Å². The molecule has 1 aliphatic heterocycles. The Labute approximate surface area is 190 Å². The highest BCUT2D eigenvalue weighted by atomic mass is 35.5. The van der Waals surface area contributed by atoms with Gasteiger partial charge in [-0.05, 0) is 29.7 Å². The molecule has 8 heteroatoms. The fraction of sp³-hybridized carbons (Fsp3) is 0.261. The third kappa shape index (κ3) is 5.27. The van der Waals surface area contributed by atoms with Gasteiger partial charge in [0.05, 0.1) is 18.7 Å². The van der Waals surface area contributed by atoms with E-state index in [2.05, 4.69) is 10.4 Å². The highest BCUT2D eigenvalue weighted by Crippen LogP contribution is 2.24. The zero-order chi connectivity index (χ0) is 21.8. The van der Waals surface area contributed by atoms with Crippen LogP contribution in [0.15, 0.2) is 60.8 Å². The van der Waals surface area contributed by atoms with Gasteiger partial charge in [0, 0.05) is 35.6 Å². The van der Waals surface area contributed by atoms with Gasteiger partial charge in [-0.3, -0.25) is 9.59 Å². The maximum absolute atomic E-state index is 12.8. The molecule has 1 unspecified atom stereocenters. The number of aromatic nitrogens is 2. The number of rotatable bonds is 7. The summed E-state index contributed by atoms with van der Waals surface area (Å²) in [5.41, 5.74) is 2.02. The molecule has 2 aromatic carbocycles. The second kappa shape index (κ2) is 9.54. The predicted octanol–water partition coefficient (Wildman–Crippen LogP) is 4.27. The molecule has 3 aromatic rings. The molecular formula is C23H22Cl2N4O2. The minimum atomic E-state index is -0.384. The molecule has 0 aliphatic carbocycles. The molecular weight excluding hydrogens is 435 g/mol. The summed E-state index contributed by atoms with van der Waals surface area (Å²) >= 11 is 12.2. The van der Waals surface area contributed by atoms with Gasteiger partial charge in [0.15, 0.2) is 0 Å². The van der Waals surface area contributed by atoms with Crippen LogP contribution in [-0.4, -0.2) is 39.6 Å². The van der Waals surface area contributed by atoms with Gasteiger partial charge in [-0.1, -0.05) is 59.6 Å². The summed E-state index contributed by atoms with van der Waals surface area (Å²) < 4.78 is 1.66. The van der Waals surface area contributed by atoms with Crippen molar-refractivity contribution in [1.82, 2.24) is 14.7 Å². The van der Waals surface area contributed by atoms with Gasteiger partial charge in [0.1, 0.15) is 5.82 Å². The largest absolute Gasteiger partial charge is 0.342 e. The van der Waals surface area contributed by atoms with Gasteiger partial charge in [0.25, 0.3) is 0 Å². The summed E-state index contributed by atoms with van der Waals surface area (Å²) in [6.07, 6.45) is 2.61. The first kappa shape index (κ1) is 21.4. The predicted molar refractivity (Wildman–Crippen MR) is 121 cm³/mol. The zero-order valence-electron chi connectivity index (χ0n) is 16.8. The van der Waals surface area contributed by atoms with E-state index in [1.54, 1.807) is 34.0 Å². The number of halogens is 2. The Bertz CT molecular complexity index is 1080. The van der Waals surface area contributed by atoms with E-state index < -0.39 is 0 Å². The lowest BCUT2D eigenvalue weighted by Crippen LogP contribution is -2.30. The molecule has 4 rings (SSSR count). The van der Waals surface area contributed by atoms with Crippen molar-refractivity contribution in [2.24, 2.45) is 5.92 Å². The van der Waals surface area contributed by atoms with Crippen molar-refractivity contribution < 1.29 is 9.59 Å². The van der Waals surface area contributed by atoms with Crippen LogP contribution in [0, 0.1) is 5.92 Å². The average Bonchev–Trinajstić information content (AvgIpc) is 3.35. The molecule has 31 heavy (non-hydrogen) atoms. The molecule has 0 radical (unpaired) electrons. The van der Waals surface area contributed by atoms with E-state index in [0.29, 0.717) is 35.5 Å². The van der Waals surface area contributed by atoms with Crippen molar-refractivity contribution in [1.29, 1.82) is 0 Å². The van der Waals surface area contributed by atoms with Crippen molar-refractivity contribution in [3.63, 3.8) is 0 Å². The average molecular weight is 457 g/mol. The van der Waals surface area contributed by atoms with Crippen LogP contribution in [0.3, 0.4) is 0 Å². The quantitative estimate of drug-likeness (QED) is 0.577. The molecule has 2 heterocycles. The van der Waals surface area contributed by atoms with E-state index in [-0.39, 0.29) is 24.2 Å². The lowest BCUT2D eigenvalue weighted by molar-refractivity contribution is -0.128. The number of carbonyl (C=O) groups excluding carboxylic acids is 2. The zero-order valence-corrected chi connectivity index (χ0v) is 18.3. The molecule has 160 valence electrons. The number of nitrogens with zero attached hydrogens (tertiary/aromatic N) is 3. The van der Waals surface area contributed by atoms with E-state index in [1.165, 1.54) is 5.56 Å². The summed E-state index contributed by atoms with van der Waals surface area (Å²) in [5, 5.41) is 8.29. The summed E-state index contributed by atoms with van der Waals surface area (Å²) in [4.78, 5) is 27.0. The third-order valence-electron chi connectivity index (χ3n) is 5.40. The maximum Gasteiger partial charge on any atom is 0.230 e. The first-order valence-corrected chi connectivity index (χ1v) is 10.8. The lowest BCUT2D eigenvalue weighted by Gasteiger charge is -2.17. The summed E-state index contributed by atoms with van der Waals surface area (Å²) in [6.45, 7) is 1.43. The highest BCUT2D eigenvalue weighted by Gasteiger charge is 2.34. The minimum Gasteiger partial charge on any atom is -0.342 e. The Morgan fingerprint density at radius 1 is 1.13 bits per heavy atom. The van der Waals surface area contributed by atoms with Gasteiger partial charge in [-0.2, -0.15) is 5.10 Å². The Kier molecular flexibility index (Phi) is 6.59. The number of likely N-dealkylation sites (tertiary alicyclic amines) is 1. The van der Waals surface area contributed by atoms with E-state index in [9.17, 15) is 9.59 Å². The fourth-order valence-electron chi connectivity index (χ4n) is 3.68. The number of amides is 2. The summed E-state index contributed by atoms with van der Waals surface area (Å²) in [6, 6.07) is 17.0. The molecule has 1 aliphatic rings. The molecule has 2 amide bonds. The van der Waals surface area contributed by atoms with Gasteiger partial charge in [-0.15, -0.1) is 0 Å². The fourth-order valence-corrected chi connectivity index (χ4v) is 4.15. The van der Waals surface area contributed by atoms with E-state index in [1.807, 2.05) is 36.4 Å². The molecule has 1 fully saturated rings. The number of benzene rings is 2. The van der Waals surface area contributed by atoms with Crippen LogP contribution < -0.4 is 5.32 Å².